The second-order valence-corrected chi connectivity index (χ2v) is 9.10. The van der Waals surface area contributed by atoms with E-state index in [4.69, 9.17) is 14.6 Å². The Kier molecular flexibility index (Phi) is 6.77. The fraction of sp³-hybridized carbons (Fsp3) is 0.500. The monoisotopic (exact) mass is 438 g/mol. The van der Waals surface area contributed by atoms with Crippen LogP contribution in [0.15, 0.2) is 42.5 Å². The molecule has 0 radical (unpaired) electrons. The summed E-state index contributed by atoms with van der Waals surface area (Å²) in [5.41, 5.74) is 3.58. The number of carbonyl (C=O) groups is 1. The molecule has 0 aliphatic carbocycles. The van der Waals surface area contributed by atoms with Gasteiger partial charge in [-0.1, -0.05) is 13.0 Å². The minimum absolute atomic E-state index is 0.0867. The largest absolute Gasteiger partial charge is 0.497 e. The number of carboxylic acid groups (broad SMARTS) is 1. The van der Waals surface area contributed by atoms with Gasteiger partial charge >= 0.3 is 5.97 Å². The molecule has 6 heteroatoms. The molecular formula is C26H34N2O4. The second kappa shape index (κ2) is 9.72. The summed E-state index contributed by atoms with van der Waals surface area (Å²) in [5, 5.41) is 9.17. The van der Waals surface area contributed by atoms with Gasteiger partial charge in [0.15, 0.2) is 0 Å². The van der Waals surface area contributed by atoms with E-state index in [1.165, 1.54) is 11.3 Å². The number of benzene rings is 2. The van der Waals surface area contributed by atoms with Gasteiger partial charge in [0.25, 0.3) is 0 Å². The average molecular weight is 439 g/mol. The van der Waals surface area contributed by atoms with Crippen molar-refractivity contribution in [1.82, 2.24) is 0 Å². The summed E-state index contributed by atoms with van der Waals surface area (Å²) in [6.45, 7) is 7.21. The summed E-state index contributed by atoms with van der Waals surface area (Å²) in [5.74, 6) is 1.43. The van der Waals surface area contributed by atoms with Crippen LogP contribution in [0, 0.1) is 12.8 Å². The number of piperidine rings is 1. The molecule has 2 heterocycles. The number of hydrogen-bond donors (Lipinski definition) is 1. The fourth-order valence-corrected chi connectivity index (χ4v) is 5.06. The van der Waals surface area contributed by atoms with Crippen molar-refractivity contribution in [3.05, 3.63) is 48.0 Å². The third-order valence-electron chi connectivity index (χ3n) is 6.83. The van der Waals surface area contributed by atoms with Crippen LogP contribution >= 0.6 is 0 Å². The van der Waals surface area contributed by atoms with E-state index in [0.717, 1.165) is 56.1 Å². The number of aliphatic carboxylic acids is 1. The first-order valence-electron chi connectivity index (χ1n) is 11.6. The fourth-order valence-electron chi connectivity index (χ4n) is 5.06. The zero-order chi connectivity index (χ0) is 22.7. The van der Waals surface area contributed by atoms with Gasteiger partial charge in [-0.2, -0.15) is 0 Å². The van der Waals surface area contributed by atoms with Gasteiger partial charge in [-0.05, 0) is 55.7 Å². The van der Waals surface area contributed by atoms with E-state index >= 15 is 0 Å². The first-order chi connectivity index (χ1) is 15.4. The quantitative estimate of drug-likeness (QED) is 0.674. The molecular weight excluding hydrogens is 404 g/mol. The van der Waals surface area contributed by atoms with Gasteiger partial charge in [0.05, 0.1) is 13.5 Å². The molecule has 2 fully saturated rings. The highest BCUT2D eigenvalue weighted by molar-refractivity contribution is 5.69. The van der Waals surface area contributed by atoms with Crippen molar-refractivity contribution in [3.63, 3.8) is 0 Å². The van der Waals surface area contributed by atoms with Crippen LogP contribution in [0.25, 0.3) is 0 Å². The Morgan fingerprint density at radius 3 is 2.53 bits per heavy atom. The maximum absolute atomic E-state index is 11.1. The van der Waals surface area contributed by atoms with E-state index < -0.39 is 5.97 Å². The summed E-state index contributed by atoms with van der Waals surface area (Å²) in [7, 11) is 1.71. The van der Waals surface area contributed by atoms with Crippen molar-refractivity contribution >= 4 is 17.3 Å². The standard InChI is InChI=1S/C26H34N2O4/c1-18-6-9-23(31-3)16-24(18)27-14-12-25(19(2)17-27)32-22-10-7-20(8-11-22)28-13-4-5-21(28)15-26(29)30/h6-11,16,19,21,25H,4-5,12-15,17H2,1-3H3,(H,29,30). The lowest BCUT2D eigenvalue weighted by Gasteiger charge is -2.39. The highest BCUT2D eigenvalue weighted by Gasteiger charge is 2.29. The van der Waals surface area contributed by atoms with Crippen molar-refractivity contribution in [3.8, 4) is 11.5 Å². The Morgan fingerprint density at radius 2 is 1.84 bits per heavy atom. The molecule has 172 valence electrons. The maximum Gasteiger partial charge on any atom is 0.305 e. The maximum atomic E-state index is 11.1. The normalized spacial score (nSPS) is 23.3. The van der Waals surface area contributed by atoms with Gasteiger partial charge in [0.1, 0.15) is 17.6 Å². The van der Waals surface area contributed by atoms with Gasteiger partial charge < -0.3 is 24.4 Å². The molecule has 1 N–H and O–H groups in total. The van der Waals surface area contributed by atoms with E-state index in [-0.39, 0.29) is 18.6 Å². The van der Waals surface area contributed by atoms with Crippen LogP contribution in [0.4, 0.5) is 11.4 Å². The molecule has 3 atom stereocenters. The first-order valence-corrected chi connectivity index (χ1v) is 11.6. The number of anilines is 2. The molecule has 2 saturated heterocycles. The molecule has 0 aromatic heterocycles. The Labute approximate surface area is 190 Å². The molecule has 0 amide bonds. The van der Waals surface area contributed by atoms with Gasteiger partial charge in [-0.15, -0.1) is 0 Å². The molecule has 3 unspecified atom stereocenters. The molecule has 6 nitrogen and oxygen atoms in total. The van der Waals surface area contributed by atoms with Crippen molar-refractivity contribution in [2.24, 2.45) is 5.92 Å². The zero-order valence-electron chi connectivity index (χ0n) is 19.3. The van der Waals surface area contributed by atoms with Crippen molar-refractivity contribution in [1.29, 1.82) is 0 Å². The highest BCUT2D eigenvalue weighted by Crippen LogP contribution is 2.33. The van der Waals surface area contributed by atoms with E-state index in [0.29, 0.717) is 5.92 Å². The number of nitrogens with zero attached hydrogens (tertiary/aromatic N) is 2. The molecule has 0 saturated carbocycles. The lowest BCUT2D eigenvalue weighted by Crippen LogP contribution is -2.44. The highest BCUT2D eigenvalue weighted by atomic mass is 16.5. The second-order valence-electron chi connectivity index (χ2n) is 9.10. The number of rotatable bonds is 7. The van der Waals surface area contributed by atoms with Crippen LogP contribution in [0.1, 0.15) is 38.2 Å². The van der Waals surface area contributed by atoms with Crippen LogP contribution in [0.2, 0.25) is 0 Å². The summed E-state index contributed by atoms with van der Waals surface area (Å²) in [4.78, 5) is 15.8. The number of ether oxygens (including phenoxy) is 2. The molecule has 32 heavy (non-hydrogen) atoms. The van der Waals surface area contributed by atoms with Crippen molar-refractivity contribution in [2.45, 2.75) is 51.7 Å². The first kappa shape index (κ1) is 22.3. The van der Waals surface area contributed by atoms with Crippen molar-refractivity contribution in [2.75, 3.05) is 36.5 Å². The summed E-state index contributed by atoms with van der Waals surface area (Å²) >= 11 is 0. The third kappa shape index (κ3) is 4.95. The summed E-state index contributed by atoms with van der Waals surface area (Å²) < 4.78 is 11.8. The minimum Gasteiger partial charge on any atom is -0.497 e. The SMILES string of the molecule is COc1ccc(C)c(N2CCC(Oc3ccc(N4CCCC4CC(=O)O)cc3)C(C)C2)c1. The Hall–Kier alpha value is -2.89. The smallest absolute Gasteiger partial charge is 0.305 e. The molecule has 2 aliphatic heterocycles. The van der Waals surface area contributed by atoms with Gasteiger partial charge in [-0.3, -0.25) is 4.79 Å². The van der Waals surface area contributed by atoms with E-state index in [2.05, 4.69) is 47.9 Å². The van der Waals surface area contributed by atoms with Crippen LogP contribution in [0.5, 0.6) is 11.5 Å². The molecule has 2 aromatic carbocycles. The Bertz CT molecular complexity index is 930. The van der Waals surface area contributed by atoms with Crippen molar-refractivity contribution < 1.29 is 19.4 Å². The Morgan fingerprint density at radius 1 is 1.09 bits per heavy atom. The predicted molar refractivity (Wildman–Crippen MR) is 127 cm³/mol. The number of hydrogen-bond acceptors (Lipinski definition) is 5. The molecule has 2 aliphatic rings. The lowest BCUT2D eigenvalue weighted by molar-refractivity contribution is -0.137. The number of aryl methyl sites for hydroxylation is 1. The van der Waals surface area contributed by atoms with Gasteiger partial charge in [0.2, 0.25) is 0 Å². The van der Waals surface area contributed by atoms with Crippen LogP contribution in [-0.2, 0) is 4.79 Å². The molecule has 0 spiro atoms. The summed E-state index contributed by atoms with van der Waals surface area (Å²) in [6, 6.07) is 14.5. The van der Waals surface area contributed by atoms with Crippen LogP contribution < -0.4 is 19.3 Å². The topological polar surface area (TPSA) is 62.2 Å². The minimum atomic E-state index is -0.730. The summed E-state index contributed by atoms with van der Waals surface area (Å²) in [6.07, 6.45) is 3.31. The number of methoxy groups -OCH3 is 1. The molecule has 4 rings (SSSR count). The number of carboxylic acids is 1. The van der Waals surface area contributed by atoms with Crippen LogP contribution in [0.3, 0.4) is 0 Å². The third-order valence-corrected chi connectivity index (χ3v) is 6.83. The van der Waals surface area contributed by atoms with Gasteiger partial charge in [0, 0.05) is 55.5 Å². The molecule has 2 aromatic rings. The van der Waals surface area contributed by atoms with E-state index in [1.807, 2.05) is 18.2 Å². The average Bonchev–Trinajstić information content (AvgIpc) is 3.23. The van der Waals surface area contributed by atoms with E-state index in [1.54, 1.807) is 7.11 Å². The molecule has 0 bridgehead atoms. The van der Waals surface area contributed by atoms with Crippen LogP contribution in [-0.4, -0.2) is 50.0 Å². The predicted octanol–water partition coefficient (Wildman–Crippen LogP) is 4.74. The Balaban J connectivity index is 1.37. The van der Waals surface area contributed by atoms with Gasteiger partial charge in [-0.25, -0.2) is 0 Å². The zero-order valence-corrected chi connectivity index (χ0v) is 19.3. The lowest BCUT2D eigenvalue weighted by atomic mass is 9.95. The van der Waals surface area contributed by atoms with E-state index in [9.17, 15) is 4.79 Å².